The van der Waals surface area contributed by atoms with Gasteiger partial charge < -0.3 is 10.7 Å². The average molecular weight is 262 g/mol. The molecule has 1 unspecified atom stereocenters. The Labute approximate surface area is 114 Å². The van der Waals surface area contributed by atoms with Crippen molar-refractivity contribution in [3.63, 3.8) is 0 Å². The van der Waals surface area contributed by atoms with E-state index in [1.165, 1.54) is 12.8 Å². The molecule has 5 nitrogen and oxygen atoms in total. The van der Waals surface area contributed by atoms with Gasteiger partial charge in [-0.05, 0) is 30.4 Å². The Kier molecular flexibility index (Phi) is 4.04. The number of pyridine rings is 1. The zero-order valence-electron chi connectivity index (χ0n) is 11.6. The second-order valence-electron chi connectivity index (χ2n) is 5.81. The standard InChI is InChI=1S/C14H22N4O/c1-14(2)9-4-3-7-11(14)17-13(19)10-6-5-8-12(16-10)18-15/h5-6,8,11H,3-4,7,9,15H2,1-2H3,(H,16,18)(H,17,19). The molecule has 1 aliphatic rings. The fourth-order valence-corrected chi connectivity index (χ4v) is 2.64. The van der Waals surface area contributed by atoms with Gasteiger partial charge in [0.2, 0.25) is 0 Å². The minimum atomic E-state index is -0.128. The van der Waals surface area contributed by atoms with Crippen molar-refractivity contribution in [2.45, 2.75) is 45.6 Å². The summed E-state index contributed by atoms with van der Waals surface area (Å²) in [7, 11) is 0. The van der Waals surface area contributed by atoms with Crippen LogP contribution in [0.25, 0.3) is 0 Å². The van der Waals surface area contributed by atoms with Crippen LogP contribution in [0.4, 0.5) is 5.82 Å². The van der Waals surface area contributed by atoms with Crippen molar-refractivity contribution in [1.82, 2.24) is 10.3 Å². The van der Waals surface area contributed by atoms with Gasteiger partial charge in [0.05, 0.1) is 0 Å². The number of hydrazine groups is 1. The maximum atomic E-state index is 12.2. The Morgan fingerprint density at radius 2 is 2.21 bits per heavy atom. The molecular formula is C14H22N4O. The van der Waals surface area contributed by atoms with E-state index < -0.39 is 0 Å². The first-order valence-electron chi connectivity index (χ1n) is 6.77. The molecule has 0 radical (unpaired) electrons. The smallest absolute Gasteiger partial charge is 0.270 e. The summed E-state index contributed by atoms with van der Waals surface area (Å²) in [4.78, 5) is 16.4. The van der Waals surface area contributed by atoms with Crippen LogP contribution >= 0.6 is 0 Å². The van der Waals surface area contributed by atoms with Gasteiger partial charge in [-0.2, -0.15) is 0 Å². The van der Waals surface area contributed by atoms with Crippen molar-refractivity contribution >= 4 is 11.7 Å². The van der Waals surface area contributed by atoms with Crippen LogP contribution in [0.1, 0.15) is 50.0 Å². The summed E-state index contributed by atoms with van der Waals surface area (Å²) in [6, 6.07) is 5.40. The zero-order valence-corrected chi connectivity index (χ0v) is 11.6. The van der Waals surface area contributed by atoms with E-state index in [-0.39, 0.29) is 17.4 Å². The van der Waals surface area contributed by atoms with Crippen molar-refractivity contribution in [3.8, 4) is 0 Å². The van der Waals surface area contributed by atoms with Crippen molar-refractivity contribution in [3.05, 3.63) is 23.9 Å². The topological polar surface area (TPSA) is 80.0 Å². The Morgan fingerprint density at radius 3 is 2.89 bits per heavy atom. The fourth-order valence-electron chi connectivity index (χ4n) is 2.64. The summed E-state index contributed by atoms with van der Waals surface area (Å²) < 4.78 is 0. The van der Waals surface area contributed by atoms with Gasteiger partial charge in [0, 0.05) is 6.04 Å². The molecule has 1 aromatic heterocycles. The summed E-state index contributed by atoms with van der Waals surface area (Å²) in [5, 5.41) is 3.11. The van der Waals surface area contributed by atoms with Crippen molar-refractivity contribution < 1.29 is 4.79 Å². The molecule has 0 aromatic carbocycles. The lowest BCUT2D eigenvalue weighted by Gasteiger charge is -2.38. The number of carbonyl (C=O) groups excluding carboxylic acids is 1. The molecule has 19 heavy (non-hydrogen) atoms. The molecule has 0 bridgehead atoms. The van der Waals surface area contributed by atoms with Crippen LogP contribution in [0.15, 0.2) is 18.2 Å². The van der Waals surface area contributed by atoms with E-state index in [4.69, 9.17) is 5.84 Å². The third-order valence-electron chi connectivity index (χ3n) is 3.94. The number of aromatic nitrogens is 1. The van der Waals surface area contributed by atoms with E-state index in [1.807, 2.05) is 0 Å². The van der Waals surface area contributed by atoms with Crippen LogP contribution in [0.3, 0.4) is 0 Å². The Bertz CT molecular complexity index is 459. The van der Waals surface area contributed by atoms with Gasteiger partial charge >= 0.3 is 0 Å². The molecule has 0 spiro atoms. The molecule has 1 aromatic rings. The highest BCUT2D eigenvalue weighted by Gasteiger charge is 2.33. The third kappa shape index (κ3) is 3.23. The first-order valence-corrected chi connectivity index (χ1v) is 6.77. The molecule has 4 N–H and O–H groups in total. The lowest BCUT2D eigenvalue weighted by atomic mass is 9.73. The molecule has 1 saturated carbocycles. The average Bonchev–Trinajstić information content (AvgIpc) is 2.41. The molecule has 0 saturated heterocycles. The summed E-state index contributed by atoms with van der Waals surface area (Å²) in [5.74, 6) is 5.67. The largest absolute Gasteiger partial charge is 0.347 e. The van der Waals surface area contributed by atoms with Gasteiger partial charge in [0.25, 0.3) is 5.91 Å². The summed E-state index contributed by atoms with van der Waals surface area (Å²) in [6.07, 6.45) is 4.60. The maximum Gasteiger partial charge on any atom is 0.270 e. The predicted molar refractivity (Wildman–Crippen MR) is 75.6 cm³/mol. The van der Waals surface area contributed by atoms with Crippen LogP contribution in [0, 0.1) is 5.41 Å². The Morgan fingerprint density at radius 1 is 1.42 bits per heavy atom. The van der Waals surface area contributed by atoms with Gasteiger partial charge in [-0.15, -0.1) is 0 Å². The number of nitrogen functional groups attached to an aromatic ring is 1. The number of hydrogen-bond donors (Lipinski definition) is 3. The quantitative estimate of drug-likeness (QED) is 0.575. The molecule has 2 rings (SSSR count). The van der Waals surface area contributed by atoms with E-state index in [1.54, 1.807) is 18.2 Å². The second kappa shape index (κ2) is 5.57. The fraction of sp³-hybridized carbons (Fsp3) is 0.571. The number of amides is 1. The number of hydrogen-bond acceptors (Lipinski definition) is 4. The monoisotopic (exact) mass is 262 g/mol. The number of anilines is 1. The lowest BCUT2D eigenvalue weighted by molar-refractivity contribution is 0.0848. The van der Waals surface area contributed by atoms with E-state index in [0.717, 1.165) is 12.8 Å². The third-order valence-corrected chi connectivity index (χ3v) is 3.94. The van der Waals surface area contributed by atoms with Gasteiger partial charge in [0.15, 0.2) is 0 Å². The van der Waals surface area contributed by atoms with Crippen LogP contribution in [0.2, 0.25) is 0 Å². The minimum absolute atomic E-state index is 0.128. The van der Waals surface area contributed by atoms with Crippen LogP contribution in [-0.2, 0) is 0 Å². The van der Waals surface area contributed by atoms with Gasteiger partial charge in [-0.25, -0.2) is 10.8 Å². The van der Waals surface area contributed by atoms with E-state index in [0.29, 0.717) is 11.5 Å². The number of nitrogens with one attached hydrogen (secondary N) is 2. The van der Waals surface area contributed by atoms with Gasteiger partial charge in [-0.3, -0.25) is 4.79 Å². The first-order chi connectivity index (χ1) is 9.03. The van der Waals surface area contributed by atoms with E-state index >= 15 is 0 Å². The molecule has 1 fully saturated rings. The number of nitrogens with zero attached hydrogens (tertiary/aromatic N) is 1. The summed E-state index contributed by atoms with van der Waals surface area (Å²) in [5.41, 5.74) is 3.00. The maximum absolute atomic E-state index is 12.2. The van der Waals surface area contributed by atoms with Crippen LogP contribution in [-0.4, -0.2) is 16.9 Å². The molecule has 1 aliphatic carbocycles. The molecule has 0 aliphatic heterocycles. The Balaban J connectivity index is 2.07. The molecule has 1 heterocycles. The minimum Gasteiger partial charge on any atom is -0.347 e. The van der Waals surface area contributed by atoms with Gasteiger partial charge in [-0.1, -0.05) is 32.8 Å². The highest BCUT2D eigenvalue weighted by atomic mass is 16.1. The molecule has 1 atom stereocenters. The highest BCUT2D eigenvalue weighted by molar-refractivity contribution is 5.92. The number of nitrogens with two attached hydrogens (primary N) is 1. The SMILES string of the molecule is CC1(C)CCCCC1NC(=O)c1cccc(NN)n1. The van der Waals surface area contributed by atoms with Crippen molar-refractivity contribution in [2.24, 2.45) is 11.3 Å². The lowest BCUT2D eigenvalue weighted by Crippen LogP contribution is -2.47. The van der Waals surface area contributed by atoms with Gasteiger partial charge in [0.1, 0.15) is 11.5 Å². The summed E-state index contributed by atoms with van der Waals surface area (Å²) in [6.45, 7) is 4.42. The second-order valence-corrected chi connectivity index (χ2v) is 5.81. The van der Waals surface area contributed by atoms with Crippen molar-refractivity contribution in [2.75, 3.05) is 5.43 Å². The normalized spacial score (nSPS) is 21.7. The Hall–Kier alpha value is -1.62. The summed E-state index contributed by atoms with van der Waals surface area (Å²) >= 11 is 0. The molecular weight excluding hydrogens is 240 g/mol. The zero-order chi connectivity index (χ0) is 13.9. The van der Waals surface area contributed by atoms with Crippen LogP contribution in [0.5, 0.6) is 0 Å². The molecule has 5 heteroatoms. The predicted octanol–water partition coefficient (Wildman–Crippen LogP) is 2.07. The van der Waals surface area contributed by atoms with E-state index in [2.05, 4.69) is 29.6 Å². The van der Waals surface area contributed by atoms with E-state index in [9.17, 15) is 4.79 Å². The highest BCUT2D eigenvalue weighted by Crippen LogP contribution is 2.35. The van der Waals surface area contributed by atoms with Crippen LogP contribution < -0.4 is 16.6 Å². The molecule has 1 amide bonds. The number of rotatable bonds is 3. The van der Waals surface area contributed by atoms with Crippen molar-refractivity contribution in [1.29, 1.82) is 0 Å². The number of carbonyl (C=O) groups is 1. The molecule has 104 valence electrons. The first kappa shape index (κ1) is 13.8.